The fraction of sp³-hybridized carbons (Fsp3) is 0.273. The molecule has 5 heteroatoms. The summed E-state index contributed by atoms with van der Waals surface area (Å²) in [5.41, 5.74) is 0. The van der Waals surface area contributed by atoms with E-state index < -0.39 is 0 Å². The van der Waals surface area contributed by atoms with Crippen molar-refractivity contribution in [3.63, 3.8) is 0 Å². The fourth-order valence-electron chi connectivity index (χ4n) is 1.40. The van der Waals surface area contributed by atoms with Crippen molar-refractivity contribution in [3.05, 3.63) is 34.6 Å². The molecule has 3 nitrogen and oxygen atoms in total. The molecule has 3 rings (SSSR count). The summed E-state index contributed by atoms with van der Waals surface area (Å²) in [7, 11) is 0. The Morgan fingerprint density at radius 3 is 3.00 bits per heavy atom. The van der Waals surface area contributed by atoms with E-state index in [1.807, 2.05) is 24.3 Å². The highest BCUT2D eigenvalue weighted by Gasteiger charge is 2.28. The van der Waals surface area contributed by atoms with Crippen LogP contribution in [0, 0.1) is 0 Å². The number of benzene rings is 1. The van der Waals surface area contributed by atoms with Gasteiger partial charge in [0.25, 0.3) is 5.19 Å². The predicted molar refractivity (Wildman–Crippen MR) is 66.1 cm³/mol. The summed E-state index contributed by atoms with van der Waals surface area (Å²) in [5.74, 6) is 2.30. The van der Waals surface area contributed by atoms with Gasteiger partial charge in [0.1, 0.15) is 11.6 Å². The molecule has 1 heterocycles. The SMILES string of the molecule is Brc1cccc(Oc2nc(C3CC3)ns2)c1. The highest BCUT2D eigenvalue weighted by Crippen LogP contribution is 2.40. The van der Waals surface area contributed by atoms with E-state index in [9.17, 15) is 0 Å². The molecule has 0 radical (unpaired) electrons. The smallest absolute Gasteiger partial charge is 0.298 e. The zero-order valence-electron chi connectivity index (χ0n) is 8.39. The molecule has 0 atom stereocenters. The Morgan fingerprint density at radius 2 is 2.25 bits per heavy atom. The molecule has 1 aliphatic carbocycles. The number of aromatic nitrogens is 2. The minimum absolute atomic E-state index is 0.580. The topological polar surface area (TPSA) is 35.0 Å². The van der Waals surface area contributed by atoms with Crippen molar-refractivity contribution in [2.75, 3.05) is 0 Å². The standard InChI is InChI=1S/C11H9BrN2OS/c12-8-2-1-3-9(6-8)15-11-13-10(14-16-11)7-4-5-7/h1-3,6-7H,4-5H2. The highest BCUT2D eigenvalue weighted by atomic mass is 79.9. The van der Waals surface area contributed by atoms with E-state index in [4.69, 9.17) is 4.74 Å². The van der Waals surface area contributed by atoms with E-state index in [-0.39, 0.29) is 0 Å². The van der Waals surface area contributed by atoms with Gasteiger partial charge < -0.3 is 4.74 Å². The predicted octanol–water partition coefficient (Wildman–Crippen LogP) is 3.97. The summed E-state index contributed by atoms with van der Waals surface area (Å²) < 4.78 is 10.9. The van der Waals surface area contributed by atoms with Crippen LogP contribution in [0.3, 0.4) is 0 Å². The van der Waals surface area contributed by atoms with Gasteiger partial charge in [-0.3, -0.25) is 0 Å². The zero-order valence-corrected chi connectivity index (χ0v) is 10.8. The number of hydrogen-bond acceptors (Lipinski definition) is 4. The molecule has 0 N–H and O–H groups in total. The lowest BCUT2D eigenvalue weighted by molar-refractivity contribution is 0.477. The van der Waals surface area contributed by atoms with Gasteiger partial charge in [0.2, 0.25) is 0 Å². The van der Waals surface area contributed by atoms with E-state index in [1.54, 1.807) is 0 Å². The summed E-state index contributed by atoms with van der Waals surface area (Å²) in [6.45, 7) is 0. The van der Waals surface area contributed by atoms with Crippen molar-refractivity contribution in [1.29, 1.82) is 0 Å². The van der Waals surface area contributed by atoms with Crippen LogP contribution in [-0.4, -0.2) is 9.36 Å². The first-order valence-electron chi connectivity index (χ1n) is 5.08. The number of ether oxygens (including phenoxy) is 1. The third-order valence-electron chi connectivity index (χ3n) is 2.37. The molecule has 1 fully saturated rings. The molecular weight excluding hydrogens is 288 g/mol. The van der Waals surface area contributed by atoms with Gasteiger partial charge >= 0.3 is 0 Å². The maximum Gasteiger partial charge on any atom is 0.298 e. The highest BCUT2D eigenvalue weighted by molar-refractivity contribution is 9.10. The number of nitrogens with zero attached hydrogens (tertiary/aromatic N) is 2. The maximum absolute atomic E-state index is 5.63. The summed E-state index contributed by atoms with van der Waals surface area (Å²) in [5, 5.41) is 0.625. The van der Waals surface area contributed by atoms with E-state index in [0.29, 0.717) is 11.1 Å². The largest absolute Gasteiger partial charge is 0.430 e. The van der Waals surface area contributed by atoms with Crippen LogP contribution in [0.25, 0.3) is 0 Å². The van der Waals surface area contributed by atoms with Crippen molar-refractivity contribution < 1.29 is 4.74 Å². The third kappa shape index (κ3) is 2.25. The van der Waals surface area contributed by atoms with Crippen LogP contribution in [0.4, 0.5) is 0 Å². The lowest BCUT2D eigenvalue weighted by Gasteiger charge is -2.00. The summed E-state index contributed by atoms with van der Waals surface area (Å²) in [6, 6.07) is 7.71. The zero-order chi connectivity index (χ0) is 11.0. The Hall–Kier alpha value is -0.940. The van der Waals surface area contributed by atoms with Crippen molar-refractivity contribution in [2.45, 2.75) is 18.8 Å². The van der Waals surface area contributed by atoms with Crippen molar-refractivity contribution in [2.24, 2.45) is 0 Å². The Balaban J connectivity index is 1.77. The Labute approximate surface area is 106 Å². The third-order valence-corrected chi connectivity index (χ3v) is 3.47. The summed E-state index contributed by atoms with van der Waals surface area (Å²) in [6.07, 6.45) is 2.43. The molecule has 1 saturated carbocycles. The van der Waals surface area contributed by atoms with E-state index in [1.165, 1.54) is 24.4 Å². The number of rotatable bonds is 3. The van der Waals surface area contributed by atoms with E-state index in [2.05, 4.69) is 25.3 Å². The minimum Gasteiger partial charge on any atom is -0.430 e. The second kappa shape index (κ2) is 4.14. The molecule has 1 aromatic heterocycles. The first kappa shape index (κ1) is 10.2. The van der Waals surface area contributed by atoms with E-state index in [0.717, 1.165) is 16.0 Å². The molecule has 0 bridgehead atoms. The van der Waals surface area contributed by atoms with Crippen LogP contribution in [0.2, 0.25) is 0 Å². The average molecular weight is 297 g/mol. The Kier molecular flexibility index (Phi) is 2.65. The molecule has 0 unspecified atom stereocenters. The summed E-state index contributed by atoms with van der Waals surface area (Å²) in [4.78, 5) is 4.37. The number of halogens is 1. The van der Waals surface area contributed by atoms with Gasteiger partial charge in [0, 0.05) is 21.9 Å². The Morgan fingerprint density at radius 1 is 1.38 bits per heavy atom. The van der Waals surface area contributed by atoms with E-state index >= 15 is 0 Å². The van der Waals surface area contributed by atoms with Crippen LogP contribution in [0.1, 0.15) is 24.6 Å². The average Bonchev–Trinajstić information content (AvgIpc) is 3.01. The molecule has 0 spiro atoms. The van der Waals surface area contributed by atoms with Crippen LogP contribution in [0.15, 0.2) is 28.7 Å². The van der Waals surface area contributed by atoms with Crippen LogP contribution < -0.4 is 4.74 Å². The minimum atomic E-state index is 0.580. The lowest BCUT2D eigenvalue weighted by Crippen LogP contribution is -1.85. The van der Waals surface area contributed by atoms with Crippen molar-refractivity contribution >= 4 is 27.5 Å². The van der Waals surface area contributed by atoms with Gasteiger partial charge in [0.15, 0.2) is 0 Å². The van der Waals surface area contributed by atoms with Gasteiger partial charge in [-0.2, -0.15) is 9.36 Å². The quantitative estimate of drug-likeness (QED) is 0.859. The molecule has 16 heavy (non-hydrogen) atoms. The molecule has 0 amide bonds. The summed E-state index contributed by atoms with van der Waals surface area (Å²) >= 11 is 4.72. The molecule has 82 valence electrons. The maximum atomic E-state index is 5.63. The molecular formula is C11H9BrN2OS. The van der Waals surface area contributed by atoms with Crippen molar-refractivity contribution in [1.82, 2.24) is 9.36 Å². The van der Waals surface area contributed by atoms with Gasteiger partial charge in [-0.25, -0.2) is 0 Å². The van der Waals surface area contributed by atoms with Crippen LogP contribution >= 0.6 is 27.5 Å². The normalized spacial score (nSPS) is 15.1. The van der Waals surface area contributed by atoms with Crippen LogP contribution in [0.5, 0.6) is 10.9 Å². The molecule has 0 saturated heterocycles. The molecule has 0 aliphatic heterocycles. The van der Waals surface area contributed by atoms with Gasteiger partial charge in [-0.15, -0.1) is 0 Å². The monoisotopic (exact) mass is 296 g/mol. The second-order valence-electron chi connectivity index (χ2n) is 3.75. The molecule has 2 aromatic rings. The lowest BCUT2D eigenvalue weighted by atomic mass is 10.3. The molecule has 1 aromatic carbocycles. The van der Waals surface area contributed by atoms with Gasteiger partial charge in [0.05, 0.1) is 0 Å². The molecule has 1 aliphatic rings. The van der Waals surface area contributed by atoms with Gasteiger partial charge in [-0.1, -0.05) is 22.0 Å². The first-order chi connectivity index (χ1) is 7.81. The Bertz CT molecular complexity index is 510. The number of hydrogen-bond donors (Lipinski definition) is 0. The second-order valence-corrected chi connectivity index (χ2v) is 5.38. The van der Waals surface area contributed by atoms with Crippen molar-refractivity contribution in [3.8, 4) is 10.9 Å². The van der Waals surface area contributed by atoms with Crippen LogP contribution in [-0.2, 0) is 0 Å². The first-order valence-corrected chi connectivity index (χ1v) is 6.65. The fourth-order valence-corrected chi connectivity index (χ4v) is 2.41. The van der Waals surface area contributed by atoms with Gasteiger partial charge in [-0.05, 0) is 31.0 Å².